The van der Waals surface area contributed by atoms with Gasteiger partial charge in [0.2, 0.25) is 5.91 Å². The fraction of sp³-hybridized carbons (Fsp3) is 0.444. The lowest BCUT2D eigenvalue weighted by Gasteiger charge is -2.03. The molecular weight excluding hydrogens is 180 g/mol. The Kier molecular flexibility index (Phi) is 4.57. The minimum atomic E-state index is -0.0982. The smallest absolute Gasteiger partial charge is 0.239 e. The third-order valence-electron chi connectivity index (χ3n) is 1.54. The zero-order chi connectivity index (χ0) is 10.2. The topological polar surface area (TPSA) is 66.9 Å². The minimum Gasteiger partial charge on any atom is -0.308 e. The molecule has 14 heavy (non-hydrogen) atoms. The summed E-state index contributed by atoms with van der Waals surface area (Å²) in [5.74, 6) is 0.384. The van der Waals surface area contributed by atoms with Gasteiger partial charge in [-0.15, -0.1) is 0 Å². The molecule has 0 bridgehead atoms. The molecule has 0 saturated carbocycles. The van der Waals surface area contributed by atoms with Crippen molar-refractivity contribution >= 4 is 11.7 Å². The highest BCUT2D eigenvalue weighted by Crippen LogP contribution is 1.95. The fourth-order valence-corrected chi connectivity index (χ4v) is 0.929. The number of nitrogens with zero attached hydrogens (tertiary/aromatic N) is 2. The summed E-state index contributed by atoms with van der Waals surface area (Å²) in [7, 11) is 0. The van der Waals surface area contributed by atoms with E-state index in [-0.39, 0.29) is 5.91 Å². The van der Waals surface area contributed by atoms with Crippen molar-refractivity contribution in [2.24, 2.45) is 0 Å². The molecule has 0 aliphatic heterocycles. The van der Waals surface area contributed by atoms with E-state index in [0.717, 1.165) is 13.0 Å². The molecule has 0 aliphatic rings. The molecule has 5 nitrogen and oxygen atoms in total. The number of amides is 1. The van der Waals surface area contributed by atoms with Crippen molar-refractivity contribution in [3.05, 3.63) is 18.6 Å². The third-order valence-corrected chi connectivity index (χ3v) is 1.54. The monoisotopic (exact) mass is 194 g/mol. The van der Waals surface area contributed by atoms with Crippen LogP contribution in [0.4, 0.5) is 5.82 Å². The highest BCUT2D eigenvalue weighted by Gasteiger charge is 2.00. The largest absolute Gasteiger partial charge is 0.308 e. The Morgan fingerprint density at radius 2 is 2.36 bits per heavy atom. The molecule has 0 fully saturated rings. The second-order valence-corrected chi connectivity index (χ2v) is 2.82. The van der Waals surface area contributed by atoms with Crippen LogP contribution in [-0.4, -0.2) is 29.0 Å². The minimum absolute atomic E-state index is 0.0982. The Morgan fingerprint density at radius 3 is 3.00 bits per heavy atom. The first kappa shape index (κ1) is 10.6. The molecule has 1 heterocycles. The van der Waals surface area contributed by atoms with E-state index in [1.807, 2.05) is 6.92 Å². The van der Waals surface area contributed by atoms with Crippen LogP contribution in [0.3, 0.4) is 0 Å². The summed E-state index contributed by atoms with van der Waals surface area (Å²) in [6, 6.07) is 0. The molecule has 2 N–H and O–H groups in total. The quantitative estimate of drug-likeness (QED) is 0.666. The maximum Gasteiger partial charge on any atom is 0.239 e. The highest BCUT2D eigenvalue weighted by atomic mass is 16.1. The van der Waals surface area contributed by atoms with E-state index < -0.39 is 0 Å². The van der Waals surface area contributed by atoms with Gasteiger partial charge in [-0.25, -0.2) is 4.98 Å². The van der Waals surface area contributed by atoms with Crippen LogP contribution in [0.15, 0.2) is 18.6 Å². The Hall–Kier alpha value is -1.49. The van der Waals surface area contributed by atoms with E-state index in [1.165, 1.54) is 12.4 Å². The molecular formula is C9H14N4O. The van der Waals surface area contributed by atoms with Gasteiger partial charge in [-0.1, -0.05) is 6.92 Å². The van der Waals surface area contributed by atoms with E-state index >= 15 is 0 Å². The van der Waals surface area contributed by atoms with Crippen LogP contribution >= 0.6 is 0 Å². The zero-order valence-electron chi connectivity index (χ0n) is 8.16. The van der Waals surface area contributed by atoms with E-state index in [4.69, 9.17) is 0 Å². The molecule has 0 spiro atoms. The molecule has 0 aromatic carbocycles. The number of hydrogen-bond donors (Lipinski definition) is 2. The van der Waals surface area contributed by atoms with Gasteiger partial charge in [0.05, 0.1) is 12.7 Å². The Labute approximate surface area is 83.0 Å². The average Bonchev–Trinajstić information content (AvgIpc) is 2.20. The maximum atomic E-state index is 11.2. The van der Waals surface area contributed by atoms with E-state index in [9.17, 15) is 4.79 Å². The Morgan fingerprint density at radius 1 is 1.50 bits per heavy atom. The number of rotatable bonds is 5. The van der Waals surface area contributed by atoms with Gasteiger partial charge in [0.25, 0.3) is 0 Å². The van der Waals surface area contributed by atoms with Crippen LogP contribution < -0.4 is 10.6 Å². The Bertz CT molecular complexity index is 275. The lowest BCUT2D eigenvalue weighted by atomic mass is 10.4. The van der Waals surface area contributed by atoms with Gasteiger partial charge < -0.3 is 10.6 Å². The molecule has 0 atom stereocenters. The maximum absolute atomic E-state index is 11.2. The summed E-state index contributed by atoms with van der Waals surface area (Å²) < 4.78 is 0. The first-order valence-electron chi connectivity index (χ1n) is 4.59. The van der Waals surface area contributed by atoms with Crippen LogP contribution in [0.1, 0.15) is 13.3 Å². The van der Waals surface area contributed by atoms with Crippen molar-refractivity contribution in [3.63, 3.8) is 0 Å². The number of nitrogens with one attached hydrogen (secondary N) is 2. The fourth-order valence-electron chi connectivity index (χ4n) is 0.929. The second kappa shape index (κ2) is 6.04. The predicted octanol–water partition coefficient (Wildman–Crippen LogP) is 0.415. The normalized spacial score (nSPS) is 9.79. The lowest BCUT2D eigenvalue weighted by Crippen LogP contribution is -2.28. The van der Waals surface area contributed by atoms with Gasteiger partial charge in [-0.2, -0.15) is 0 Å². The molecule has 0 saturated heterocycles. The van der Waals surface area contributed by atoms with Crippen LogP contribution in [0.5, 0.6) is 0 Å². The molecule has 5 heteroatoms. The summed E-state index contributed by atoms with van der Waals surface area (Å²) in [4.78, 5) is 19.0. The summed E-state index contributed by atoms with van der Waals surface area (Å²) in [6.07, 6.45) is 5.62. The first-order valence-corrected chi connectivity index (χ1v) is 4.59. The van der Waals surface area contributed by atoms with E-state index in [0.29, 0.717) is 12.4 Å². The van der Waals surface area contributed by atoms with Crippen LogP contribution in [0, 0.1) is 0 Å². The molecule has 0 aliphatic carbocycles. The van der Waals surface area contributed by atoms with E-state index in [2.05, 4.69) is 20.6 Å². The molecule has 1 rings (SSSR count). The molecule has 0 radical (unpaired) electrons. The van der Waals surface area contributed by atoms with Gasteiger partial charge in [0.15, 0.2) is 5.82 Å². The van der Waals surface area contributed by atoms with Gasteiger partial charge in [-0.3, -0.25) is 9.78 Å². The van der Waals surface area contributed by atoms with Crippen molar-refractivity contribution in [3.8, 4) is 0 Å². The van der Waals surface area contributed by atoms with E-state index in [1.54, 1.807) is 6.20 Å². The van der Waals surface area contributed by atoms with Gasteiger partial charge in [-0.05, 0) is 13.0 Å². The van der Waals surface area contributed by atoms with Crippen LogP contribution in [-0.2, 0) is 4.79 Å². The average molecular weight is 194 g/mol. The summed E-state index contributed by atoms with van der Waals surface area (Å²) in [6.45, 7) is 3.20. The van der Waals surface area contributed by atoms with Crippen LogP contribution in [0.2, 0.25) is 0 Å². The summed E-state index contributed by atoms with van der Waals surface area (Å²) >= 11 is 0. The summed E-state index contributed by atoms with van der Waals surface area (Å²) in [5, 5.41) is 5.62. The van der Waals surface area contributed by atoms with Crippen LogP contribution in [0.25, 0.3) is 0 Å². The number of aromatic nitrogens is 2. The number of carbonyl (C=O) groups is 1. The highest BCUT2D eigenvalue weighted by molar-refractivity contribution is 5.91. The lowest BCUT2D eigenvalue weighted by molar-refractivity contribution is -0.115. The zero-order valence-corrected chi connectivity index (χ0v) is 8.16. The van der Waals surface area contributed by atoms with Crippen molar-refractivity contribution in [1.82, 2.24) is 15.3 Å². The molecule has 1 aromatic heterocycles. The predicted molar refractivity (Wildman–Crippen MR) is 53.8 cm³/mol. The molecule has 1 amide bonds. The number of anilines is 1. The van der Waals surface area contributed by atoms with Gasteiger partial charge in [0.1, 0.15) is 0 Å². The SMILES string of the molecule is CCCNCC(=O)Nc1cnccn1. The van der Waals surface area contributed by atoms with Crippen molar-refractivity contribution < 1.29 is 4.79 Å². The first-order chi connectivity index (χ1) is 6.83. The van der Waals surface area contributed by atoms with Gasteiger partial charge >= 0.3 is 0 Å². The third kappa shape index (κ3) is 3.95. The summed E-state index contributed by atoms with van der Waals surface area (Å²) in [5.41, 5.74) is 0. The molecule has 76 valence electrons. The molecule has 1 aromatic rings. The number of hydrogen-bond acceptors (Lipinski definition) is 4. The van der Waals surface area contributed by atoms with Gasteiger partial charge in [0, 0.05) is 12.4 Å². The standard InChI is InChI=1S/C9H14N4O/c1-2-3-10-7-9(14)13-8-6-11-4-5-12-8/h4-6,10H,2-3,7H2,1H3,(H,12,13,14). The number of carbonyl (C=O) groups excluding carboxylic acids is 1. The van der Waals surface area contributed by atoms with Crippen molar-refractivity contribution in [2.45, 2.75) is 13.3 Å². The Balaban J connectivity index is 2.27. The second-order valence-electron chi connectivity index (χ2n) is 2.82. The molecule has 0 unspecified atom stereocenters. The van der Waals surface area contributed by atoms with Crippen molar-refractivity contribution in [1.29, 1.82) is 0 Å². The van der Waals surface area contributed by atoms with Crippen molar-refractivity contribution in [2.75, 3.05) is 18.4 Å².